The lowest BCUT2D eigenvalue weighted by atomic mass is 9.96. The molecular formula is C26H28FN7O2. The second-order valence-corrected chi connectivity index (χ2v) is 9.58. The van der Waals surface area contributed by atoms with Crippen LogP contribution in [-0.2, 0) is 13.0 Å². The quantitative estimate of drug-likeness (QED) is 0.585. The largest absolute Gasteiger partial charge is 0.368 e. The van der Waals surface area contributed by atoms with Crippen molar-refractivity contribution in [2.24, 2.45) is 0 Å². The molecule has 6 rings (SSSR count). The first-order valence-corrected chi connectivity index (χ1v) is 12.3. The third-order valence-corrected chi connectivity index (χ3v) is 7.42. The molecule has 0 unspecified atom stereocenters. The summed E-state index contributed by atoms with van der Waals surface area (Å²) in [6.07, 6.45) is 3.56. The van der Waals surface area contributed by atoms with Gasteiger partial charge in [0.05, 0.1) is 33.7 Å². The Hall–Kier alpha value is -3.79. The summed E-state index contributed by atoms with van der Waals surface area (Å²) >= 11 is 0. The van der Waals surface area contributed by atoms with E-state index in [0.717, 1.165) is 61.7 Å². The number of amides is 3. The van der Waals surface area contributed by atoms with Gasteiger partial charge in [-0.25, -0.2) is 14.2 Å². The molecule has 0 bridgehead atoms. The second kappa shape index (κ2) is 8.70. The Morgan fingerprint density at radius 2 is 2.00 bits per heavy atom. The molecule has 2 aromatic heterocycles. The van der Waals surface area contributed by atoms with Crippen LogP contribution in [0.3, 0.4) is 0 Å². The van der Waals surface area contributed by atoms with E-state index in [-0.39, 0.29) is 23.4 Å². The number of urea groups is 1. The predicted molar refractivity (Wildman–Crippen MR) is 136 cm³/mol. The van der Waals surface area contributed by atoms with E-state index in [1.54, 1.807) is 18.0 Å². The van der Waals surface area contributed by atoms with E-state index in [2.05, 4.69) is 30.4 Å². The number of halogens is 1. The number of pyridine rings is 2. The number of carbonyl (C=O) groups excluding carboxylic acids is 2. The van der Waals surface area contributed by atoms with E-state index in [1.165, 1.54) is 0 Å². The average Bonchev–Trinajstić information content (AvgIpc) is 2.90. The summed E-state index contributed by atoms with van der Waals surface area (Å²) in [4.78, 5) is 39.8. The smallest absolute Gasteiger partial charge is 0.326 e. The number of rotatable bonds is 4. The second-order valence-electron chi connectivity index (χ2n) is 9.58. The summed E-state index contributed by atoms with van der Waals surface area (Å²) in [5, 5.41) is 6.10. The molecule has 2 N–H and O–H groups in total. The van der Waals surface area contributed by atoms with E-state index in [0.29, 0.717) is 35.2 Å². The highest BCUT2D eigenvalue weighted by Gasteiger charge is 2.33. The van der Waals surface area contributed by atoms with Crippen molar-refractivity contribution < 1.29 is 14.0 Å². The van der Waals surface area contributed by atoms with Crippen molar-refractivity contribution in [3.8, 4) is 0 Å². The zero-order valence-corrected chi connectivity index (χ0v) is 20.4. The van der Waals surface area contributed by atoms with Crippen LogP contribution in [0.15, 0.2) is 24.4 Å². The van der Waals surface area contributed by atoms with Gasteiger partial charge in [0.1, 0.15) is 5.69 Å². The molecule has 10 heteroatoms. The zero-order valence-electron chi connectivity index (χ0n) is 20.4. The number of anilines is 3. The first-order valence-electron chi connectivity index (χ1n) is 12.3. The van der Waals surface area contributed by atoms with Gasteiger partial charge in [-0.1, -0.05) is 0 Å². The number of aryl methyl sites for hydroxylation is 2. The number of carbonyl (C=O) groups is 2. The number of nitrogens with one attached hydrogen (secondary N) is 2. The summed E-state index contributed by atoms with van der Waals surface area (Å²) in [6, 6.07) is 5.24. The van der Waals surface area contributed by atoms with Gasteiger partial charge >= 0.3 is 6.03 Å². The first kappa shape index (κ1) is 22.7. The lowest BCUT2D eigenvalue weighted by Gasteiger charge is -2.37. The Morgan fingerprint density at radius 1 is 1.19 bits per heavy atom. The van der Waals surface area contributed by atoms with Crippen molar-refractivity contribution in [3.05, 3.63) is 52.7 Å². The van der Waals surface area contributed by atoms with Crippen LogP contribution in [0.5, 0.6) is 0 Å². The van der Waals surface area contributed by atoms with Crippen molar-refractivity contribution in [3.63, 3.8) is 0 Å². The summed E-state index contributed by atoms with van der Waals surface area (Å²) in [5.41, 5.74) is 5.54. The van der Waals surface area contributed by atoms with Crippen LogP contribution < -0.4 is 20.4 Å². The topological polar surface area (TPSA) is 93.7 Å². The monoisotopic (exact) mass is 489 g/mol. The van der Waals surface area contributed by atoms with Crippen LogP contribution in [0.1, 0.15) is 33.7 Å². The van der Waals surface area contributed by atoms with Crippen molar-refractivity contribution in [2.75, 3.05) is 54.9 Å². The molecule has 9 nitrogen and oxygen atoms in total. The maximum atomic E-state index is 15.7. The van der Waals surface area contributed by atoms with Crippen molar-refractivity contribution in [1.82, 2.24) is 20.2 Å². The van der Waals surface area contributed by atoms with Crippen molar-refractivity contribution in [2.45, 2.75) is 26.3 Å². The minimum atomic E-state index is -0.372. The Balaban J connectivity index is 1.22. The standard InChI is InChI=1S/C26H28FN7O2/c1-15-20(6-5-18(30-15)25(35)28-2)33-10-8-32(9-11-33)14-17-12-19-21-23(22(17)27)31-26(36)34-7-3-4-16(13-29-19)24(21)34/h5-6,12-13H,3-4,7-11,14H2,1-2H3,(H,28,35)(H,31,36). The minimum Gasteiger partial charge on any atom is -0.368 e. The molecule has 1 aromatic carbocycles. The third-order valence-electron chi connectivity index (χ3n) is 7.42. The molecule has 1 fully saturated rings. The number of aromatic nitrogens is 2. The summed E-state index contributed by atoms with van der Waals surface area (Å²) in [7, 11) is 1.59. The summed E-state index contributed by atoms with van der Waals surface area (Å²) in [5.74, 6) is -0.576. The SMILES string of the molecule is CNC(=O)c1ccc(N2CCN(Cc3cc4ncc5c6c4c(c3F)NC(=O)N6CCC5)CC2)c(C)n1. The van der Waals surface area contributed by atoms with Crippen LogP contribution in [0, 0.1) is 12.7 Å². The van der Waals surface area contributed by atoms with E-state index in [9.17, 15) is 9.59 Å². The van der Waals surface area contributed by atoms with Crippen LogP contribution >= 0.6 is 0 Å². The first-order chi connectivity index (χ1) is 17.4. The molecule has 0 aliphatic carbocycles. The number of piperazine rings is 1. The highest BCUT2D eigenvalue weighted by atomic mass is 19.1. The van der Waals surface area contributed by atoms with Gasteiger partial charge in [0, 0.05) is 58.1 Å². The Morgan fingerprint density at radius 3 is 2.75 bits per heavy atom. The van der Waals surface area contributed by atoms with Crippen LogP contribution in [0.2, 0.25) is 0 Å². The molecule has 3 aliphatic rings. The van der Waals surface area contributed by atoms with E-state index < -0.39 is 0 Å². The highest BCUT2D eigenvalue weighted by molar-refractivity contribution is 6.19. The number of hydrogen-bond acceptors (Lipinski definition) is 6. The molecule has 0 radical (unpaired) electrons. The number of nitrogens with zero attached hydrogens (tertiary/aromatic N) is 5. The number of benzene rings is 1. The maximum absolute atomic E-state index is 15.7. The van der Waals surface area contributed by atoms with Gasteiger partial charge < -0.3 is 15.5 Å². The maximum Gasteiger partial charge on any atom is 0.326 e. The fourth-order valence-electron chi connectivity index (χ4n) is 5.58. The van der Waals surface area contributed by atoms with Gasteiger partial charge in [0.15, 0.2) is 5.82 Å². The molecule has 0 atom stereocenters. The van der Waals surface area contributed by atoms with Crippen molar-refractivity contribution >= 4 is 39.9 Å². The fraction of sp³-hybridized carbons (Fsp3) is 0.385. The van der Waals surface area contributed by atoms with Gasteiger partial charge in [-0.3, -0.25) is 19.6 Å². The van der Waals surface area contributed by atoms with Crippen LogP contribution in [0.4, 0.5) is 26.2 Å². The molecule has 3 aliphatic heterocycles. The van der Waals surface area contributed by atoms with Gasteiger partial charge in [-0.05, 0) is 43.5 Å². The predicted octanol–water partition coefficient (Wildman–Crippen LogP) is 3.06. The molecule has 3 amide bonds. The summed E-state index contributed by atoms with van der Waals surface area (Å²) < 4.78 is 15.7. The minimum absolute atomic E-state index is 0.204. The average molecular weight is 490 g/mol. The number of hydrogen-bond donors (Lipinski definition) is 2. The van der Waals surface area contributed by atoms with E-state index >= 15 is 4.39 Å². The zero-order chi connectivity index (χ0) is 25.0. The highest BCUT2D eigenvalue weighted by Crippen LogP contribution is 2.43. The third kappa shape index (κ3) is 3.63. The van der Waals surface area contributed by atoms with Gasteiger partial charge in [-0.15, -0.1) is 0 Å². The van der Waals surface area contributed by atoms with Gasteiger partial charge in [0.2, 0.25) is 0 Å². The van der Waals surface area contributed by atoms with Gasteiger partial charge in [-0.2, -0.15) is 0 Å². The molecule has 0 spiro atoms. The van der Waals surface area contributed by atoms with Crippen molar-refractivity contribution in [1.29, 1.82) is 0 Å². The normalized spacial score (nSPS) is 17.4. The molecule has 1 saturated heterocycles. The Bertz CT molecular complexity index is 1400. The van der Waals surface area contributed by atoms with Gasteiger partial charge in [0.25, 0.3) is 5.91 Å². The van der Waals surface area contributed by atoms with Crippen LogP contribution in [0.25, 0.3) is 10.9 Å². The molecule has 5 heterocycles. The lowest BCUT2D eigenvalue weighted by Crippen LogP contribution is -2.46. The molecule has 36 heavy (non-hydrogen) atoms. The summed E-state index contributed by atoms with van der Waals surface area (Å²) in [6.45, 7) is 6.01. The van der Waals surface area contributed by atoms with Crippen LogP contribution in [-0.4, -0.2) is 66.6 Å². The Kier molecular flexibility index (Phi) is 5.48. The lowest BCUT2D eigenvalue weighted by molar-refractivity contribution is 0.0958. The molecule has 0 saturated carbocycles. The molecule has 186 valence electrons. The fourth-order valence-corrected chi connectivity index (χ4v) is 5.58. The van der Waals surface area contributed by atoms with E-state index in [4.69, 9.17) is 0 Å². The van der Waals surface area contributed by atoms with E-state index in [1.807, 2.05) is 25.3 Å². The molecular weight excluding hydrogens is 461 g/mol. The molecule has 3 aromatic rings. The Labute approximate surface area is 208 Å².